The summed E-state index contributed by atoms with van der Waals surface area (Å²) in [5, 5.41) is 6.67. The molecule has 4 rings (SSSR count). The van der Waals surface area contributed by atoms with E-state index in [9.17, 15) is 9.18 Å². The summed E-state index contributed by atoms with van der Waals surface area (Å²) in [6.45, 7) is 0.102. The summed E-state index contributed by atoms with van der Waals surface area (Å²) in [6, 6.07) is 4.10. The molecule has 118 valence electrons. The smallest absolute Gasteiger partial charge is 0.290 e. The highest BCUT2D eigenvalue weighted by molar-refractivity contribution is 5.93. The maximum Gasteiger partial charge on any atom is 0.290 e. The molecule has 0 radical (unpaired) electrons. The first-order valence-corrected chi connectivity index (χ1v) is 7.51. The monoisotopic (exact) mass is 315 g/mol. The number of carbonyl (C=O) groups excluding carboxylic acids is 1. The van der Waals surface area contributed by atoms with Crippen LogP contribution >= 0.6 is 0 Å². The molecule has 6 nitrogen and oxygen atoms in total. The van der Waals surface area contributed by atoms with E-state index >= 15 is 0 Å². The molecule has 2 heterocycles. The number of oxazole rings is 1. The number of halogens is 1. The third kappa shape index (κ3) is 2.58. The van der Waals surface area contributed by atoms with Crippen LogP contribution in [0.25, 0.3) is 11.1 Å². The van der Waals surface area contributed by atoms with Crippen LogP contribution < -0.4 is 5.32 Å². The molecule has 2 aromatic heterocycles. The lowest BCUT2D eigenvalue weighted by molar-refractivity contribution is 0.0909. The highest BCUT2D eigenvalue weighted by atomic mass is 19.1. The predicted molar refractivity (Wildman–Crippen MR) is 78.3 cm³/mol. The Morgan fingerprint density at radius 1 is 1.30 bits per heavy atom. The van der Waals surface area contributed by atoms with Crippen molar-refractivity contribution in [2.75, 3.05) is 0 Å². The summed E-state index contributed by atoms with van der Waals surface area (Å²) in [5.74, 6) is -0.141. The van der Waals surface area contributed by atoms with Crippen molar-refractivity contribution in [1.29, 1.82) is 0 Å². The lowest BCUT2D eigenvalue weighted by Crippen LogP contribution is -2.24. The molecule has 3 aromatic rings. The fourth-order valence-electron chi connectivity index (χ4n) is 2.83. The zero-order chi connectivity index (χ0) is 15.8. The average Bonchev–Trinajstić information content (AvgIpc) is 3.15. The molecule has 1 N–H and O–H groups in total. The van der Waals surface area contributed by atoms with E-state index in [4.69, 9.17) is 8.94 Å². The molecular weight excluding hydrogens is 301 g/mol. The molecule has 23 heavy (non-hydrogen) atoms. The molecule has 0 aliphatic heterocycles. The fourth-order valence-corrected chi connectivity index (χ4v) is 2.83. The van der Waals surface area contributed by atoms with Crippen molar-refractivity contribution in [2.45, 2.75) is 32.2 Å². The standard InChI is InChI=1S/C16H14FN3O3/c17-9-5-6-13-12(7-9)19-14(22-13)8-18-16(21)15-10-3-1-2-4-11(10)20-23-15/h5-7H,1-4,8H2,(H,18,21). The maximum absolute atomic E-state index is 13.1. The Bertz CT molecular complexity index is 884. The number of rotatable bonds is 3. The zero-order valence-corrected chi connectivity index (χ0v) is 12.3. The SMILES string of the molecule is O=C(NCc1nc2cc(F)ccc2o1)c1onc2c1CCCC2. The molecule has 1 aliphatic rings. The van der Waals surface area contributed by atoms with Crippen LogP contribution in [0.1, 0.15) is 40.5 Å². The van der Waals surface area contributed by atoms with Gasteiger partial charge in [0.2, 0.25) is 11.7 Å². The Labute approximate surface area is 130 Å². The molecule has 0 unspecified atom stereocenters. The summed E-state index contributed by atoms with van der Waals surface area (Å²) in [5.41, 5.74) is 2.67. The molecule has 0 atom stereocenters. The van der Waals surface area contributed by atoms with Gasteiger partial charge in [0.15, 0.2) is 5.58 Å². The van der Waals surface area contributed by atoms with E-state index in [1.807, 2.05) is 0 Å². The summed E-state index contributed by atoms with van der Waals surface area (Å²) < 4.78 is 23.8. The van der Waals surface area contributed by atoms with Gasteiger partial charge in [-0.1, -0.05) is 5.16 Å². The Morgan fingerprint density at radius 2 is 2.17 bits per heavy atom. The number of aryl methyl sites for hydroxylation is 1. The number of nitrogens with one attached hydrogen (secondary N) is 1. The highest BCUT2D eigenvalue weighted by Gasteiger charge is 2.24. The van der Waals surface area contributed by atoms with E-state index < -0.39 is 0 Å². The van der Waals surface area contributed by atoms with Gasteiger partial charge in [0.25, 0.3) is 5.91 Å². The lowest BCUT2D eigenvalue weighted by atomic mass is 9.96. The Hall–Kier alpha value is -2.70. The number of hydrogen-bond acceptors (Lipinski definition) is 5. The van der Waals surface area contributed by atoms with Crippen LogP contribution in [0.5, 0.6) is 0 Å². The first-order chi connectivity index (χ1) is 11.2. The number of fused-ring (bicyclic) bond motifs is 2. The van der Waals surface area contributed by atoms with Crippen LogP contribution in [-0.2, 0) is 19.4 Å². The molecule has 0 saturated heterocycles. The second kappa shape index (κ2) is 5.49. The molecule has 0 spiro atoms. The number of hydrogen-bond donors (Lipinski definition) is 1. The van der Waals surface area contributed by atoms with Crippen molar-refractivity contribution >= 4 is 17.0 Å². The molecule has 1 aromatic carbocycles. The predicted octanol–water partition coefficient (Wildman–Crippen LogP) is 2.76. The first-order valence-electron chi connectivity index (χ1n) is 7.51. The molecule has 1 aliphatic carbocycles. The highest BCUT2D eigenvalue weighted by Crippen LogP contribution is 2.24. The Morgan fingerprint density at radius 3 is 3.09 bits per heavy atom. The van der Waals surface area contributed by atoms with Crippen molar-refractivity contribution in [3.05, 3.63) is 46.9 Å². The summed E-state index contributed by atoms with van der Waals surface area (Å²) in [6.07, 6.45) is 3.76. The van der Waals surface area contributed by atoms with Gasteiger partial charge in [-0.15, -0.1) is 0 Å². The van der Waals surface area contributed by atoms with Gasteiger partial charge in [0.05, 0.1) is 12.2 Å². The Kier molecular flexibility index (Phi) is 3.33. The zero-order valence-electron chi connectivity index (χ0n) is 12.3. The second-order valence-electron chi connectivity index (χ2n) is 5.55. The van der Waals surface area contributed by atoms with Crippen LogP contribution in [0.4, 0.5) is 4.39 Å². The number of aromatic nitrogens is 2. The summed E-state index contributed by atoms with van der Waals surface area (Å²) in [7, 11) is 0. The molecule has 0 fully saturated rings. The van der Waals surface area contributed by atoms with Gasteiger partial charge < -0.3 is 14.3 Å². The fraction of sp³-hybridized carbons (Fsp3) is 0.312. The number of benzene rings is 1. The number of nitrogens with zero attached hydrogens (tertiary/aromatic N) is 2. The minimum absolute atomic E-state index is 0.102. The van der Waals surface area contributed by atoms with Crippen molar-refractivity contribution in [3.63, 3.8) is 0 Å². The van der Waals surface area contributed by atoms with Crippen LogP contribution in [0.15, 0.2) is 27.1 Å². The quantitative estimate of drug-likeness (QED) is 0.803. The van der Waals surface area contributed by atoms with Gasteiger partial charge in [-0.2, -0.15) is 0 Å². The van der Waals surface area contributed by atoms with E-state index in [2.05, 4.69) is 15.5 Å². The van der Waals surface area contributed by atoms with Crippen LogP contribution in [0, 0.1) is 5.82 Å². The minimum atomic E-state index is -0.380. The van der Waals surface area contributed by atoms with Gasteiger partial charge >= 0.3 is 0 Å². The largest absolute Gasteiger partial charge is 0.439 e. The van der Waals surface area contributed by atoms with Gasteiger partial charge in [0.1, 0.15) is 11.3 Å². The van der Waals surface area contributed by atoms with E-state index in [1.54, 1.807) is 0 Å². The Balaban J connectivity index is 1.49. The van der Waals surface area contributed by atoms with Crippen LogP contribution in [-0.4, -0.2) is 16.0 Å². The van der Waals surface area contributed by atoms with Gasteiger partial charge in [0, 0.05) is 11.6 Å². The second-order valence-corrected chi connectivity index (χ2v) is 5.55. The summed E-state index contributed by atoms with van der Waals surface area (Å²) in [4.78, 5) is 16.4. The maximum atomic E-state index is 13.1. The average molecular weight is 315 g/mol. The third-order valence-electron chi connectivity index (χ3n) is 3.96. The van der Waals surface area contributed by atoms with Gasteiger partial charge in [-0.25, -0.2) is 9.37 Å². The number of amides is 1. The molecule has 0 saturated carbocycles. The van der Waals surface area contributed by atoms with Gasteiger partial charge in [-0.3, -0.25) is 4.79 Å². The molecule has 7 heteroatoms. The van der Waals surface area contributed by atoms with E-state index in [1.165, 1.54) is 18.2 Å². The number of carbonyl (C=O) groups is 1. The minimum Gasteiger partial charge on any atom is -0.439 e. The van der Waals surface area contributed by atoms with Crippen molar-refractivity contribution < 1.29 is 18.1 Å². The molecule has 1 amide bonds. The van der Waals surface area contributed by atoms with E-state index in [-0.39, 0.29) is 24.0 Å². The normalized spacial score (nSPS) is 14.0. The van der Waals surface area contributed by atoms with Gasteiger partial charge in [-0.05, 0) is 37.8 Å². The van der Waals surface area contributed by atoms with Crippen molar-refractivity contribution in [3.8, 4) is 0 Å². The topological polar surface area (TPSA) is 81.2 Å². The third-order valence-corrected chi connectivity index (χ3v) is 3.96. The summed E-state index contributed by atoms with van der Waals surface area (Å²) >= 11 is 0. The van der Waals surface area contributed by atoms with E-state index in [0.29, 0.717) is 17.0 Å². The van der Waals surface area contributed by atoms with Crippen LogP contribution in [0.2, 0.25) is 0 Å². The molecular formula is C16H14FN3O3. The lowest BCUT2D eigenvalue weighted by Gasteiger charge is -2.08. The van der Waals surface area contributed by atoms with Crippen molar-refractivity contribution in [2.24, 2.45) is 0 Å². The van der Waals surface area contributed by atoms with Crippen LogP contribution in [0.3, 0.4) is 0 Å². The first kappa shape index (κ1) is 13.9. The molecule has 0 bridgehead atoms. The van der Waals surface area contributed by atoms with Crippen molar-refractivity contribution in [1.82, 2.24) is 15.5 Å². The van der Waals surface area contributed by atoms with E-state index in [0.717, 1.165) is 36.9 Å².